The van der Waals surface area contributed by atoms with Gasteiger partial charge in [0, 0.05) is 25.6 Å². The fraction of sp³-hybridized carbons (Fsp3) is 0.889. The lowest BCUT2D eigenvalue weighted by Gasteiger charge is -2.31. The molecule has 1 N–H and O–H groups in total. The Morgan fingerprint density at radius 1 is 1.53 bits per heavy atom. The van der Waals surface area contributed by atoms with E-state index in [9.17, 15) is 13.2 Å². The van der Waals surface area contributed by atoms with Gasteiger partial charge in [-0.15, -0.1) is 0 Å². The van der Waals surface area contributed by atoms with Crippen LogP contribution in [0.25, 0.3) is 0 Å². The number of carbonyl (C=O) groups excluding carboxylic acids is 1. The van der Waals surface area contributed by atoms with Crippen molar-refractivity contribution in [1.29, 1.82) is 0 Å². The molecular formula is C9H18N2O3S. The molecule has 1 aliphatic heterocycles. The average Bonchev–Trinajstić information content (AvgIpc) is 2.17. The van der Waals surface area contributed by atoms with Crippen molar-refractivity contribution in [2.75, 3.05) is 19.3 Å². The summed E-state index contributed by atoms with van der Waals surface area (Å²) in [5.41, 5.74) is 0. The maximum atomic E-state index is 11.3. The highest BCUT2D eigenvalue weighted by Gasteiger charge is 2.26. The fourth-order valence-electron chi connectivity index (χ4n) is 1.69. The highest BCUT2D eigenvalue weighted by Crippen LogP contribution is 2.12. The molecule has 0 radical (unpaired) electrons. The predicted molar refractivity (Wildman–Crippen MR) is 57.9 cm³/mol. The zero-order valence-electron chi connectivity index (χ0n) is 9.19. The molecule has 0 spiro atoms. The summed E-state index contributed by atoms with van der Waals surface area (Å²) < 4.78 is 24.0. The van der Waals surface area contributed by atoms with Gasteiger partial charge >= 0.3 is 0 Å². The molecule has 15 heavy (non-hydrogen) atoms. The molecule has 0 aromatic rings. The van der Waals surface area contributed by atoms with Gasteiger partial charge < -0.3 is 5.32 Å². The smallest absolute Gasteiger partial charge is 0.219 e. The van der Waals surface area contributed by atoms with E-state index in [0.29, 0.717) is 19.5 Å². The first-order valence-electron chi connectivity index (χ1n) is 5.18. The van der Waals surface area contributed by atoms with E-state index < -0.39 is 10.0 Å². The summed E-state index contributed by atoms with van der Waals surface area (Å²) in [7, 11) is -3.12. The topological polar surface area (TPSA) is 66.5 Å². The third kappa shape index (κ3) is 3.79. The molecule has 1 heterocycles. The van der Waals surface area contributed by atoms with Crippen LogP contribution in [0.1, 0.15) is 26.2 Å². The van der Waals surface area contributed by atoms with Crippen molar-refractivity contribution in [3.8, 4) is 0 Å². The van der Waals surface area contributed by atoms with Gasteiger partial charge in [0.05, 0.1) is 6.26 Å². The maximum absolute atomic E-state index is 11.3. The zero-order valence-corrected chi connectivity index (χ0v) is 10.0. The summed E-state index contributed by atoms with van der Waals surface area (Å²) in [6, 6.07) is -0.0269. The van der Waals surface area contributed by atoms with Crippen molar-refractivity contribution in [2.45, 2.75) is 32.2 Å². The van der Waals surface area contributed by atoms with Gasteiger partial charge in [-0.2, -0.15) is 0 Å². The SMILES string of the molecule is CCC(=O)N[C@@H]1CCCN(S(C)(=O)=O)C1. The third-order valence-corrected chi connectivity index (χ3v) is 3.81. The van der Waals surface area contributed by atoms with E-state index in [4.69, 9.17) is 0 Å². The first kappa shape index (κ1) is 12.4. The number of hydrogen-bond donors (Lipinski definition) is 1. The predicted octanol–water partition coefficient (Wildman–Crippen LogP) is -0.0634. The minimum atomic E-state index is -3.12. The standard InChI is InChI=1S/C9H18N2O3S/c1-3-9(12)10-8-5-4-6-11(7-8)15(2,13)14/h8H,3-7H2,1-2H3,(H,10,12)/t8-/m1/s1. The number of rotatable bonds is 3. The largest absolute Gasteiger partial charge is 0.352 e. The lowest BCUT2D eigenvalue weighted by atomic mass is 10.1. The molecule has 0 aliphatic carbocycles. The van der Waals surface area contributed by atoms with Crippen molar-refractivity contribution >= 4 is 15.9 Å². The molecule has 1 rings (SSSR count). The second-order valence-corrected chi connectivity index (χ2v) is 5.86. The zero-order chi connectivity index (χ0) is 11.5. The van der Waals surface area contributed by atoms with Crippen LogP contribution in [0.15, 0.2) is 0 Å². The molecule has 0 saturated carbocycles. The van der Waals surface area contributed by atoms with Crippen LogP contribution in [0.5, 0.6) is 0 Å². The molecule has 1 saturated heterocycles. The molecule has 0 bridgehead atoms. The number of carbonyl (C=O) groups is 1. The highest BCUT2D eigenvalue weighted by atomic mass is 32.2. The van der Waals surface area contributed by atoms with Crippen LogP contribution in [0.2, 0.25) is 0 Å². The first-order chi connectivity index (χ1) is 6.93. The van der Waals surface area contributed by atoms with Crippen molar-refractivity contribution in [3.63, 3.8) is 0 Å². The average molecular weight is 234 g/mol. The Balaban J connectivity index is 2.53. The summed E-state index contributed by atoms with van der Waals surface area (Å²) in [6.07, 6.45) is 3.31. The molecule has 88 valence electrons. The highest BCUT2D eigenvalue weighted by molar-refractivity contribution is 7.88. The number of sulfonamides is 1. The molecule has 0 unspecified atom stereocenters. The third-order valence-electron chi connectivity index (χ3n) is 2.54. The van der Waals surface area contributed by atoms with Crippen LogP contribution in [-0.2, 0) is 14.8 Å². The van der Waals surface area contributed by atoms with Crippen molar-refractivity contribution in [3.05, 3.63) is 0 Å². The van der Waals surface area contributed by atoms with Crippen LogP contribution in [-0.4, -0.2) is 44.0 Å². The Labute approximate surface area is 90.9 Å². The van der Waals surface area contributed by atoms with Gasteiger partial charge in [0.1, 0.15) is 0 Å². The van der Waals surface area contributed by atoms with Crippen LogP contribution >= 0.6 is 0 Å². The summed E-state index contributed by atoms with van der Waals surface area (Å²) in [5.74, 6) is -0.0182. The van der Waals surface area contributed by atoms with Gasteiger partial charge in [0.2, 0.25) is 15.9 Å². The van der Waals surface area contributed by atoms with E-state index in [2.05, 4.69) is 5.32 Å². The molecule has 1 amide bonds. The second kappa shape index (κ2) is 4.94. The first-order valence-corrected chi connectivity index (χ1v) is 7.02. The van der Waals surface area contributed by atoms with Crippen LogP contribution in [0.4, 0.5) is 0 Å². The van der Waals surface area contributed by atoms with Crippen molar-refractivity contribution < 1.29 is 13.2 Å². The Morgan fingerprint density at radius 2 is 2.20 bits per heavy atom. The Bertz CT molecular complexity index is 326. The lowest BCUT2D eigenvalue weighted by molar-refractivity contribution is -0.121. The number of amides is 1. The fourth-order valence-corrected chi connectivity index (χ4v) is 2.60. The number of piperidine rings is 1. The monoisotopic (exact) mass is 234 g/mol. The van der Waals surface area contributed by atoms with Crippen molar-refractivity contribution in [2.24, 2.45) is 0 Å². The van der Waals surface area contributed by atoms with Crippen LogP contribution in [0.3, 0.4) is 0 Å². The minimum absolute atomic E-state index is 0.0182. The molecule has 5 nitrogen and oxygen atoms in total. The van der Waals surface area contributed by atoms with Gasteiger partial charge in [-0.25, -0.2) is 12.7 Å². The van der Waals surface area contributed by atoms with E-state index in [1.165, 1.54) is 10.6 Å². The summed E-state index contributed by atoms with van der Waals surface area (Å²) in [4.78, 5) is 11.2. The quantitative estimate of drug-likeness (QED) is 0.743. The number of nitrogens with one attached hydrogen (secondary N) is 1. The van der Waals surface area contributed by atoms with E-state index >= 15 is 0 Å². The summed E-state index contributed by atoms with van der Waals surface area (Å²) in [6.45, 7) is 2.76. The lowest BCUT2D eigenvalue weighted by Crippen LogP contribution is -2.49. The van der Waals surface area contributed by atoms with Gasteiger partial charge in [-0.05, 0) is 12.8 Å². The van der Waals surface area contributed by atoms with Crippen molar-refractivity contribution in [1.82, 2.24) is 9.62 Å². The van der Waals surface area contributed by atoms with Crippen LogP contribution in [0, 0.1) is 0 Å². The molecule has 0 aromatic carbocycles. The summed E-state index contributed by atoms with van der Waals surface area (Å²) >= 11 is 0. The molecule has 1 fully saturated rings. The van der Waals surface area contributed by atoms with Gasteiger partial charge in [0.25, 0.3) is 0 Å². The van der Waals surface area contributed by atoms with Gasteiger partial charge in [0.15, 0.2) is 0 Å². The molecule has 1 atom stereocenters. The number of hydrogen-bond acceptors (Lipinski definition) is 3. The Hall–Kier alpha value is -0.620. The second-order valence-electron chi connectivity index (χ2n) is 3.88. The normalized spacial score (nSPS) is 23.7. The Kier molecular flexibility index (Phi) is 4.10. The maximum Gasteiger partial charge on any atom is 0.219 e. The van der Waals surface area contributed by atoms with Gasteiger partial charge in [-0.1, -0.05) is 6.92 Å². The van der Waals surface area contributed by atoms with Gasteiger partial charge in [-0.3, -0.25) is 4.79 Å². The molecule has 0 aromatic heterocycles. The molecular weight excluding hydrogens is 216 g/mol. The van der Waals surface area contributed by atoms with E-state index in [1.54, 1.807) is 6.92 Å². The van der Waals surface area contributed by atoms with Crippen LogP contribution < -0.4 is 5.32 Å². The van der Waals surface area contributed by atoms with E-state index in [0.717, 1.165) is 12.8 Å². The van der Waals surface area contributed by atoms with E-state index in [1.807, 2.05) is 0 Å². The molecule has 1 aliphatic rings. The number of nitrogens with zero attached hydrogens (tertiary/aromatic N) is 1. The van der Waals surface area contributed by atoms with E-state index in [-0.39, 0.29) is 11.9 Å². The Morgan fingerprint density at radius 3 is 2.73 bits per heavy atom. The molecule has 6 heteroatoms. The summed E-state index contributed by atoms with van der Waals surface area (Å²) in [5, 5.41) is 2.83. The minimum Gasteiger partial charge on any atom is -0.352 e.